The highest BCUT2D eigenvalue weighted by atomic mass is 19.1. The third-order valence-corrected chi connectivity index (χ3v) is 5.25. The van der Waals surface area contributed by atoms with Gasteiger partial charge in [0.1, 0.15) is 29.1 Å². The molecule has 0 aliphatic carbocycles. The van der Waals surface area contributed by atoms with Gasteiger partial charge < -0.3 is 19.1 Å². The molecule has 0 saturated carbocycles. The minimum atomic E-state index is -0.479. The molecule has 0 radical (unpaired) electrons. The summed E-state index contributed by atoms with van der Waals surface area (Å²) in [6.07, 6.45) is 1.36. The number of rotatable bonds is 4. The molecule has 0 N–H and O–H groups in total. The molecule has 2 aromatic heterocycles. The number of nitrogens with zero attached hydrogens (tertiary/aromatic N) is 5. The van der Waals surface area contributed by atoms with E-state index in [0.29, 0.717) is 54.5 Å². The molecule has 1 fully saturated rings. The van der Waals surface area contributed by atoms with E-state index in [1.54, 1.807) is 50.1 Å². The van der Waals surface area contributed by atoms with E-state index in [4.69, 9.17) is 9.26 Å². The molecule has 9 heteroatoms. The lowest BCUT2D eigenvalue weighted by atomic mass is 10.1. The van der Waals surface area contributed by atoms with Gasteiger partial charge in [0.25, 0.3) is 5.91 Å². The fraction of sp³-hybridized carbons (Fsp3) is 0.333. The molecule has 3 heterocycles. The zero-order valence-corrected chi connectivity index (χ0v) is 17.1. The molecule has 30 heavy (non-hydrogen) atoms. The Morgan fingerprint density at radius 1 is 1.10 bits per heavy atom. The van der Waals surface area contributed by atoms with E-state index in [-0.39, 0.29) is 17.4 Å². The lowest BCUT2D eigenvalue weighted by Gasteiger charge is -2.35. The quantitative estimate of drug-likeness (QED) is 0.653. The number of benzene rings is 1. The van der Waals surface area contributed by atoms with Gasteiger partial charge in [-0.2, -0.15) is 0 Å². The third-order valence-electron chi connectivity index (χ3n) is 5.25. The second kappa shape index (κ2) is 8.10. The predicted octanol–water partition coefficient (Wildman–Crippen LogP) is 2.86. The van der Waals surface area contributed by atoms with E-state index < -0.39 is 5.82 Å². The molecule has 0 unspecified atom stereocenters. The van der Waals surface area contributed by atoms with Crippen LogP contribution in [-0.2, 0) is 0 Å². The minimum Gasteiger partial charge on any atom is -0.497 e. The number of carbonyl (C=O) groups is 1. The number of halogens is 1. The topological polar surface area (TPSA) is 84.6 Å². The maximum absolute atomic E-state index is 15.2. The molecule has 3 aromatic rings. The summed E-state index contributed by atoms with van der Waals surface area (Å²) in [5.74, 6) is 0.833. The van der Waals surface area contributed by atoms with Gasteiger partial charge in [0.05, 0.1) is 12.8 Å². The Morgan fingerprint density at radius 2 is 1.80 bits per heavy atom. The van der Waals surface area contributed by atoms with Crippen molar-refractivity contribution < 1.29 is 18.4 Å². The summed E-state index contributed by atoms with van der Waals surface area (Å²) >= 11 is 0. The van der Waals surface area contributed by atoms with Crippen molar-refractivity contribution in [2.24, 2.45) is 0 Å². The van der Waals surface area contributed by atoms with Gasteiger partial charge in [-0.15, -0.1) is 0 Å². The molecular weight excluding hydrogens is 389 g/mol. The highest BCUT2D eigenvalue weighted by molar-refractivity contribution is 5.96. The Labute approximate surface area is 173 Å². The van der Waals surface area contributed by atoms with Gasteiger partial charge in [0, 0.05) is 31.7 Å². The van der Waals surface area contributed by atoms with Gasteiger partial charge >= 0.3 is 0 Å². The first-order valence-corrected chi connectivity index (χ1v) is 9.61. The van der Waals surface area contributed by atoms with Crippen LogP contribution in [0, 0.1) is 19.7 Å². The van der Waals surface area contributed by atoms with Crippen LogP contribution in [-0.4, -0.2) is 59.2 Å². The number of piperazine rings is 1. The predicted molar refractivity (Wildman–Crippen MR) is 108 cm³/mol. The number of aryl methyl sites for hydroxylation is 2. The maximum Gasteiger partial charge on any atom is 0.259 e. The Morgan fingerprint density at radius 3 is 2.40 bits per heavy atom. The number of amides is 1. The van der Waals surface area contributed by atoms with Gasteiger partial charge in [-0.3, -0.25) is 4.79 Å². The maximum atomic E-state index is 15.2. The molecule has 1 aromatic carbocycles. The number of aromatic nitrogens is 3. The number of anilines is 1. The number of hydrogen-bond donors (Lipinski definition) is 0. The average Bonchev–Trinajstić information content (AvgIpc) is 3.11. The Kier molecular flexibility index (Phi) is 5.35. The Bertz CT molecular complexity index is 1040. The van der Waals surface area contributed by atoms with Crippen LogP contribution in [0.2, 0.25) is 0 Å². The molecule has 0 spiro atoms. The van der Waals surface area contributed by atoms with Crippen LogP contribution in [0.1, 0.15) is 21.8 Å². The van der Waals surface area contributed by atoms with Gasteiger partial charge in [-0.1, -0.05) is 5.16 Å². The first-order valence-electron chi connectivity index (χ1n) is 9.61. The van der Waals surface area contributed by atoms with Crippen molar-refractivity contribution >= 4 is 11.7 Å². The van der Waals surface area contributed by atoms with Crippen molar-refractivity contribution in [2.45, 2.75) is 13.8 Å². The summed E-state index contributed by atoms with van der Waals surface area (Å²) in [7, 11) is 1.58. The van der Waals surface area contributed by atoms with Crippen molar-refractivity contribution in [3.63, 3.8) is 0 Å². The Hall–Kier alpha value is -3.49. The molecule has 1 saturated heterocycles. The Balaban J connectivity index is 1.50. The molecule has 1 aliphatic rings. The number of carbonyl (C=O) groups excluding carboxylic acids is 1. The normalized spacial score (nSPS) is 14.1. The van der Waals surface area contributed by atoms with Crippen molar-refractivity contribution in [1.29, 1.82) is 0 Å². The van der Waals surface area contributed by atoms with Crippen LogP contribution in [0.15, 0.2) is 35.1 Å². The van der Waals surface area contributed by atoms with E-state index in [1.807, 2.05) is 4.90 Å². The molecule has 1 amide bonds. The van der Waals surface area contributed by atoms with Crippen molar-refractivity contribution in [2.75, 3.05) is 38.2 Å². The standard InChI is InChI=1S/C21H22FN5O3/c1-13-17(14(2)30-25-13)21(28)27-10-8-26(9-11-27)20-18(22)19(23-12-24-20)15-4-6-16(29-3)7-5-15/h4-7,12H,8-11H2,1-3H3. The van der Waals surface area contributed by atoms with Crippen molar-refractivity contribution in [3.8, 4) is 17.0 Å². The molecule has 4 rings (SSSR count). The van der Waals surface area contributed by atoms with Crippen LogP contribution in [0.25, 0.3) is 11.3 Å². The van der Waals surface area contributed by atoms with E-state index >= 15 is 4.39 Å². The number of methoxy groups -OCH3 is 1. The zero-order chi connectivity index (χ0) is 21.3. The highest BCUT2D eigenvalue weighted by Crippen LogP contribution is 2.28. The third kappa shape index (κ3) is 3.58. The first-order chi connectivity index (χ1) is 14.5. The molecule has 1 aliphatic heterocycles. The van der Waals surface area contributed by atoms with Crippen LogP contribution < -0.4 is 9.64 Å². The highest BCUT2D eigenvalue weighted by Gasteiger charge is 2.28. The lowest BCUT2D eigenvalue weighted by molar-refractivity contribution is 0.0744. The fourth-order valence-electron chi connectivity index (χ4n) is 3.60. The number of ether oxygens (including phenoxy) is 1. The molecule has 0 bridgehead atoms. The van der Waals surface area contributed by atoms with E-state index in [2.05, 4.69) is 15.1 Å². The van der Waals surface area contributed by atoms with Crippen LogP contribution in [0.4, 0.5) is 10.2 Å². The SMILES string of the molecule is COc1ccc(-c2ncnc(N3CCN(C(=O)c4c(C)noc4C)CC3)c2F)cc1. The van der Waals surface area contributed by atoms with Crippen molar-refractivity contribution in [3.05, 3.63) is 53.4 Å². The average molecular weight is 411 g/mol. The van der Waals surface area contributed by atoms with E-state index in [0.717, 1.165) is 0 Å². The van der Waals surface area contributed by atoms with E-state index in [9.17, 15) is 4.79 Å². The van der Waals surface area contributed by atoms with Gasteiger partial charge in [-0.25, -0.2) is 14.4 Å². The van der Waals surface area contributed by atoms with Gasteiger partial charge in [-0.05, 0) is 38.1 Å². The summed E-state index contributed by atoms with van der Waals surface area (Å²) in [5.41, 5.74) is 1.95. The molecule has 156 valence electrons. The largest absolute Gasteiger partial charge is 0.497 e. The van der Waals surface area contributed by atoms with Crippen molar-refractivity contribution in [1.82, 2.24) is 20.0 Å². The molecule has 0 atom stereocenters. The smallest absolute Gasteiger partial charge is 0.259 e. The van der Waals surface area contributed by atoms with Gasteiger partial charge in [0.15, 0.2) is 11.6 Å². The molecular formula is C21H22FN5O3. The van der Waals surface area contributed by atoms with Crippen LogP contribution in [0.5, 0.6) is 5.75 Å². The number of hydrogen-bond acceptors (Lipinski definition) is 7. The first kappa shape index (κ1) is 19.8. The second-order valence-electron chi connectivity index (χ2n) is 7.07. The lowest BCUT2D eigenvalue weighted by Crippen LogP contribution is -2.49. The fourth-order valence-corrected chi connectivity index (χ4v) is 3.60. The monoisotopic (exact) mass is 411 g/mol. The van der Waals surface area contributed by atoms with Crippen LogP contribution >= 0.6 is 0 Å². The second-order valence-corrected chi connectivity index (χ2v) is 7.07. The summed E-state index contributed by atoms with van der Waals surface area (Å²) in [6.45, 7) is 5.29. The molecule has 8 nitrogen and oxygen atoms in total. The summed E-state index contributed by atoms with van der Waals surface area (Å²) in [4.78, 5) is 24.6. The summed E-state index contributed by atoms with van der Waals surface area (Å²) < 4.78 is 25.5. The van der Waals surface area contributed by atoms with E-state index in [1.165, 1.54) is 6.33 Å². The zero-order valence-electron chi connectivity index (χ0n) is 17.1. The van der Waals surface area contributed by atoms with Crippen LogP contribution in [0.3, 0.4) is 0 Å². The summed E-state index contributed by atoms with van der Waals surface area (Å²) in [5, 5.41) is 3.85. The van der Waals surface area contributed by atoms with Gasteiger partial charge in [0.2, 0.25) is 0 Å². The minimum absolute atomic E-state index is 0.118. The summed E-state index contributed by atoms with van der Waals surface area (Å²) in [6, 6.07) is 7.04.